The number of carbonyl (C=O) groups excluding carboxylic acids is 1. The number of fused-ring (bicyclic) bond motifs is 1. The molecule has 0 amide bonds. The fourth-order valence-electron chi connectivity index (χ4n) is 2.46. The number of methoxy groups -OCH3 is 1. The van der Waals surface area contributed by atoms with Crippen LogP contribution in [0.2, 0.25) is 0 Å². The van der Waals surface area contributed by atoms with Gasteiger partial charge in [0.15, 0.2) is 0 Å². The second-order valence-corrected chi connectivity index (χ2v) is 5.13. The summed E-state index contributed by atoms with van der Waals surface area (Å²) in [7, 11) is 1.41. The molecule has 2 aromatic carbocycles. The van der Waals surface area contributed by atoms with Crippen molar-refractivity contribution in [3.05, 3.63) is 71.4 Å². The molecular formula is C18H17NO2. The summed E-state index contributed by atoms with van der Waals surface area (Å²) in [5.74, 6) is -0.210. The first-order valence-electron chi connectivity index (χ1n) is 6.96. The van der Waals surface area contributed by atoms with Crippen LogP contribution in [0.25, 0.3) is 10.9 Å². The standard InChI is InChI=1S/C18H17NO2/c1-21-18(20)11-14-8-6-13(7-9-14)10-16-12-15-4-2-3-5-17(15)19-16/h2-9,12,19H,10-11H2,1H3. The van der Waals surface area contributed by atoms with Crippen LogP contribution in [0.5, 0.6) is 0 Å². The van der Waals surface area contributed by atoms with Gasteiger partial charge in [-0.1, -0.05) is 42.5 Å². The number of hydrogen-bond donors (Lipinski definition) is 1. The largest absolute Gasteiger partial charge is 0.469 e. The van der Waals surface area contributed by atoms with Gasteiger partial charge in [-0.05, 0) is 28.6 Å². The van der Waals surface area contributed by atoms with E-state index in [0.717, 1.165) is 17.5 Å². The van der Waals surface area contributed by atoms with Crippen LogP contribution >= 0.6 is 0 Å². The molecule has 3 nitrogen and oxygen atoms in total. The van der Waals surface area contributed by atoms with E-state index in [1.54, 1.807) is 0 Å². The molecule has 0 saturated carbocycles. The molecule has 0 spiro atoms. The van der Waals surface area contributed by atoms with E-state index < -0.39 is 0 Å². The number of aromatic amines is 1. The van der Waals surface area contributed by atoms with E-state index in [2.05, 4.69) is 40.1 Å². The lowest BCUT2D eigenvalue weighted by molar-refractivity contribution is -0.139. The van der Waals surface area contributed by atoms with Gasteiger partial charge in [0.1, 0.15) is 0 Å². The molecule has 106 valence electrons. The number of para-hydroxylation sites is 1. The quantitative estimate of drug-likeness (QED) is 0.743. The summed E-state index contributed by atoms with van der Waals surface area (Å²) in [6.45, 7) is 0. The summed E-state index contributed by atoms with van der Waals surface area (Å²) in [5.41, 5.74) is 4.55. The molecule has 3 aromatic rings. The Balaban J connectivity index is 1.74. The van der Waals surface area contributed by atoms with Crippen LogP contribution in [0.15, 0.2) is 54.6 Å². The second-order valence-electron chi connectivity index (χ2n) is 5.13. The third-order valence-corrected chi connectivity index (χ3v) is 3.58. The fraction of sp³-hybridized carbons (Fsp3) is 0.167. The van der Waals surface area contributed by atoms with E-state index in [1.807, 2.05) is 24.3 Å². The van der Waals surface area contributed by atoms with Crippen molar-refractivity contribution in [2.45, 2.75) is 12.8 Å². The van der Waals surface area contributed by atoms with Gasteiger partial charge in [-0.2, -0.15) is 0 Å². The number of carbonyl (C=O) groups is 1. The first-order chi connectivity index (χ1) is 10.2. The predicted octanol–water partition coefficient (Wildman–Crippen LogP) is 3.47. The zero-order valence-electron chi connectivity index (χ0n) is 11.9. The lowest BCUT2D eigenvalue weighted by atomic mass is 10.1. The Morgan fingerprint density at radius 3 is 2.48 bits per heavy atom. The van der Waals surface area contributed by atoms with Crippen LogP contribution in [-0.4, -0.2) is 18.1 Å². The van der Waals surface area contributed by atoms with Gasteiger partial charge in [-0.3, -0.25) is 4.79 Å². The van der Waals surface area contributed by atoms with Gasteiger partial charge < -0.3 is 9.72 Å². The Labute approximate surface area is 123 Å². The highest BCUT2D eigenvalue weighted by Crippen LogP contribution is 2.17. The predicted molar refractivity (Wildman–Crippen MR) is 83.3 cm³/mol. The van der Waals surface area contributed by atoms with E-state index in [9.17, 15) is 4.79 Å². The molecule has 0 unspecified atom stereocenters. The van der Waals surface area contributed by atoms with Crippen LogP contribution in [-0.2, 0) is 22.4 Å². The first-order valence-corrected chi connectivity index (χ1v) is 6.96. The molecule has 0 atom stereocenters. The van der Waals surface area contributed by atoms with E-state index in [-0.39, 0.29) is 5.97 Å². The molecule has 0 fully saturated rings. The van der Waals surface area contributed by atoms with Gasteiger partial charge in [-0.25, -0.2) is 0 Å². The van der Waals surface area contributed by atoms with E-state index in [4.69, 9.17) is 0 Å². The number of benzene rings is 2. The molecule has 3 heteroatoms. The van der Waals surface area contributed by atoms with Crippen LogP contribution in [0, 0.1) is 0 Å². The number of aromatic nitrogens is 1. The van der Waals surface area contributed by atoms with Crippen LogP contribution in [0.1, 0.15) is 16.8 Å². The molecule has 0 radical (unpaired) electrons. The van der Waals surface area contributed by atoms with Crippen LogP contribution in [0.3, 0.4) is 0 Å². The summed E-state index contributed by atoms with van der Waals surface area (Å²) in [5, 5.41) is 1.23. The monoisotopic (exact) mass is 279 g/mol. The number of rotatable bonds is 4. The Morgan fingerprint density at radius 2 is 1.76 bits per heavy atom. The van der Waals surface area contributed by atoms with Crippen molar-refractivity contribution in [2.75, 3.05) is 7.11 Å². The maximum Gasteiger partial charge on any atom is 0.309 e. The number of hydrogen-bond acceptors (Lipinski definition) is 2. The maximum atomic E-state index is 11.2. The van der Waals surface area contributed by atoms with Crippen molar-refractivity contribution < 1.29 is 9.53 Å². The molecule has 1 N–H and O–H groups in total. The topological polar surface area (TPSA) is 42.1 Å². The summed E-state index contributed by atoms with van der Waals surface area (Å²) >= 11 is 0. The molecule has 0 aliphatic heterocycles. The van der Waals surface area contributed by atoms with Crippen molar-refractivity contribution in [1.29, 1.82) is 0 Å². The van der Waals surface area contributed by atoms with Crippen molar-refractivity contribution in [2.24, 2.45) is 0 Å². The molecule has 3 rings (SSSR count). The highest BCUT2D eigenvalue weighted by atomic mass is 16.5. The van der Waals surface area contributed by atoms with Gasteiger partial charge in [-0.15, -0.1) is 0 Å². The third-order valence-electron chi connectivity index (χ3n) is 3.58. The summed E-state index contributed by atoms with van der Waals surface area (Å²) < 4.78 is 4.67. The Morgan fingerprint density at radius 1 is 1.05 bits per heavy atom. The SMILES string of the molecule is COC(=O)Cc1ccc(Cc2cc3ccccc3[nH]2)cc1. The summed E-state index contributed by atoms with van der Waals surface area (Å²) in [6, 6.07) is 18.5. The average molecular weight is 279 g/mol. The van der Waals surface area contributed by atoms with Crippen molar-refractivity contribution >= 4 is 16.9 Å². The summed E-state index contributed by atoms with van der Waals surface area (Å²) in [6.07, 6.45) is 1.18. The lowest BCUT2D eigenvalue weighted by Crippen LogP contribution is -2.04. The van der Waals surface area contributed by atoms with Crippen molar-refractivity contribution in [1.82, 2.24) is 4.98 Å². The number of esters is 1. The number of nitrogens with one attached hydrogen (secondary N) is 1. The zero-order chi connectivity index (χ0) is 14.7. The highest BCUT2D eigenvalue weighted by molar-refractivity contribution is 5.80. The molecular weight excluding hydrogens is 262 g/mol. The minimum Gasteiger partial charge on any atom is -0.469 e. The fourth-order valence-corrected chi connectivity index (χ4v) is 2.46. The average Bonchev–Trinajstić information content (AvgIpc) is 2.91. The van der Waals surface area contributed by atoms with Gasteiger partial charge in [0, 0.05) is 17.6 Å². The normalized spacial score (nSPS) is 10.7. The van der Waals surface area contributed by atoms with E-state index in [0.29, 0.717) is 6.42 Å². The van der Waals surface area contributed by atoms with E-state index in [1.165, 1.54) is 23.8 Å². The minimum atomic E-state index is -0.210. The van der Waals surface area contributed by atoms with Crippen molar-refractivity contribution in [3.8, 4) is 0 Å². The summed E-state index contributed by atoms with van der Waals surface area (Å²) in [4.78, 5) is 14.7. The zero-order valence-corrected chi connectivity index (χ0v) is 11.9. The smallest absolute Gasteiger partial charge is 0.309 e. The van der Waals surface area contributed by atoms with Gasteiger partial charge in [0.05, 0.1) is 13.5 Å². The molecule has 21 heavy (non-hydrogen) atoms. The van der Waals surface area contributed by atoms with Crippen LogP contribution < -0.4 is 0 Å². The second kappa shape index (κ2) is 5.83. The molecule has 0 aliphatic carbocycles. The van der Waals surface area contributed by atoms with E-state index >= 15 is 0 Å². The third kappa shape index (κ3) is 3.14. The number of H-pyrrole nitrogens is 1. The molecule has 1 aromatic heterocycles. The molecule has 0 aliphatic rings. The molecule has 0 bridgehead atoms. The van der Waals surface area contributed by atoms with Crippen molar-refractivity contribution in [3.63, 3.8) is 0 Å². The Bertz CT molecular complexity index is 723. The Hall–Kier alpha value is -2.55. The maximum absolute atomic E-state index is 11.2. The van der Waals surface area contributed by atoms with Gasteiger partial charge in [0.2, 0.25) is 0 Å². The highest BCUT2D eigenvalue weighted by Gasteiger charge is 2.04. The molecule has 1 heterocycles. The first kappa shape index (κ1) is 13.4. The Kier molecular flexibility index (Phi) is 3.73. The van der Waals surface area contributed by atoms with Gasteiger partial charge in [0.25, 0.3) is 0 Å². The lowest BCUT2D eigenvalue weighted by Gasteiger charge is -2.03. The van der Waals surface area contributed by atoms with Crippen LogP contribution in [0.4, 0.5) is 0 Å². The molecule has 0 saturated heterocycles. The minimum absolute atomic E-state index is 0.210. The van der Waals surface area contributed by atoms with Gasteiger partial charge >= 0.3 is 5.97 Å². The number of ether oxygens (including phenoxy) is 1.